The van der Waals surface area contributed by atoms with Gasteiger partial charge in [-0.1, -0.05) is 13.8 Å². The van der Waals surface area contributed by atoms with Gasteiger partial charge < -0.3 is 4.74 Å². The van der Waals surface area contributed by atoms with Crippen LogP contribution in [0.3, 0.4) is 0 Å². The van der Waals surface area contributed by atoms with Crippen molar-refractivity contribution in [2.24, 2.45) is 0 Å². The fourth-order valence-corrected chi connectivity index (χ4v) is 4.00. The Morgan fingerprint density at radius 1 is 1.38 bits per heavy atom. The lowest BCUT2D eigenvalue weighted by Gasteiger charge is -2.06. The molecule has 2 aromatic rings. The number of sulfonamides is 1. The number of benzene rings is 1. The number of hydrogen-bond acceptors (Lipinski definition) is 6. The molecule has 0 amide bonds. The van der Waals surface area contributed by atoms with E-state index in [4.69, 9.17) is 4.74 Å². The number of fused-ring (bicyclic) bond motifs is 1. The number of hydrogen-bond donors (Lipinski definition) is 1. The minimum Gasteiger partial charge on any atom is -0.493 e. The Kier molecular flexibility index (Phi) is 3.58. The molecule has 0 radical (unpaired) electrons. The fourth-order valence-electron chi connectivity index (χ4n) is 2.01. The van der Waals surface area contributed by atoms with Crippen molar-refractivity contribution in [2.75, 3.05) is 11.3 Å². The number of rotatable bonds is 4. The molecule has 3 rings (SSSR count). The van der Waals surface area contributed by atoms with E-state index in [1.807, 2.05) is 13.8 Å². The van der Waals surface area contributed by atoms with E-state index in [0.29, 0.717) is 12.4 Å². The Morgan fingerprint density at radius 2 is 2.19 bits per heavy atom. The third-order valence-corrected chi connectivity index (χ3v) is 5.26. The van der Waals surface area contributed by atoms with Crippen molar-refractivity contribution in [1.82, 2.24) is 9.36 Å². The molecule has 1 aromatic heterocycles. The summed E-state index contributed by atoms with van der Waals surface area (Å²) >= 11 is 1.05. The summed E-state index contributed by atoms with van der Waals surface area (Å²) in [6, 6.07) is 4.88. The SMILES string of the molecule is CC(C)c1nsc(NS(=O)(=O)c2ccc3c(c2)CCO3)n1. The minimum atomic E-state index is -3.64. The second kappa shape index (κ2) is 5.27. The molecule has 1 aliphatic heterocycles. The van der Waals surface area contributed by atoms with Crippen LogP contribution in [0.1, 0.15) is 31.2 Å². The average Bonchev–Trinajstić information content (AvgIpc) is 3.05. The summed E-state index contributed by atoms with van der Waals surface area (Å²) in [5.41, 5.74) is 0.915. The molecule has 112 valence electrons. The monoisotopic (exact) mass is 325 g/mol. The van der Waals surface area contributed by atoms with Gasteiger partial charge in [-0.25, -0.2) is 13.4 Å². The zero-order valence-corrected chi connectivity index (χ0v) is 13.3. The zero-order chi connectivity index (χ0) is 15.0. The van der Waals surface area contributed by atoms with Gasteiger partial charge in [0, 0.05) is 23.9 Å². The van der Waals surface area contributed by atoms with Gasteiger partial charge in [-0.3, -0.25) is 4.72 Å². The van der Waals surface area contributed by atoms with Crippen molar-refractivity contribution in [3.63, 3.8) is 0 Å². The van der Waals surface area contributed by atoms with Crippen LogP contribution < -0.4 is 9.46 Å². The maximum Gasteiger partial charge on any atom is 0.263 e. The molecule has 2 heterocycles. The summed E-state index contributed by atoms with van der Waals surface area (Å²) in [6.07, 6.45) is 0.731. The highest BCUT2D eigenvalue weighted by molar-refractivity contribution is 7.93. The number of nitrogens with zero attached hydrogens (tertiary/aromatic N) is 2. The molecule has 1 N–H and O–H groups in total. The van der Waals surface area contributed by atoms with Crippen LogP contribution in [0.5, 0.6) is 5.75 Å². The highest BCUT2D eigenvalue weighted by Crippen LogP contribution is 2.28. The molecular weight excluding hydrogens is 310 g/mol. The lowest BCUT2D eigenvalue weighted by Crippen LogP contribution is -2.13. The maximum atomic E-state index is 12.4. The van der Waals surface area contributed by atoms with Crippen molar-refractivity contribution in [3.05, 3.63) is 29.6 Å². The van der Waals surface area contributed by atoms with Crippen molar-refractivity contribution < 1.29 is 13.2 Å². The molecule has 8 heteroatoms. The van der Waals surface area contributed by atoms with Crippen LogP contribution in [0.15, 0.2) is 23.1 Å². The van der Waals surface area contributed by atoms with E-state index < -0.39 is 10.0 Å². The molecule has 0 fully saturated rings. The first-order chi connectivity index (χ1) is 9.95. The van der Waals surface area contributed by atoms with Gasteiger partial charge in [0.2, 0.25) is 5.13 Å². The van der Waals surface area contributed by atoms with Gasteiger partial charge in [0.25, 0.3) is 10.0 Å². The van der Waals surface area contributed by atoms with Gasteiger partial charge in [0.1, 0.15) is 11.6 Å². The first kappa shape index (κ1) is 14.3. The van der Waals surface area contributed by atoms with Gasteiger partial charge >= 0.3 is 0 Å². The van der Waals surface area contributed by atoms with Crippen LogP contribution in [0.4, 0.5) is 5.13 Å². The Morgan fingerprint density at radius 3 is 2.90 bits per heavy atom. The number of nitrogens with one attached hydrogen (secondary N) is 1. The average molecular weight is 325 g/mol. The molecule has 0 bridgehead atoms. The predicted octanol–water partition coefficient (Wildman–Crippen LogP) is 2.40. The van der Waals surface area contributed by atoms with Gasteiger partial charge in [-0.2, -0.15) is 4.37 Å². The van der Waals surface area contributed by atoms with E-state index in [1.54, 1.807) is 12.1 Å². The normalized spacial score (nSPS) is 14.0. The summed E-state index contributed by atoms with van der Waals surface area (Å²) < 4.78 is 36.7. The third kappa shape index (κ3) is 2.86. The Labute approximate surface area is 127 Å². The summed E-state index contributed by atoms with van der Waals surface area (Å²) in [5, 5.41) is 0.287. The molecule has 6 nitrogen and oxygen atoms in total. The van der Waals surface area contributed by atoms with Crippen molar-refractivity contribution in [3.8, 4) is 5.75 Å². The van der Waals surface area contributed by atoms with E-state index >= 15 is 0 Å². The molecule has 0 unspecified atom stereocenters. The van der Waals surface area contributed by atoms with Crippen LogP contribution in [-0.2, 0) is 16.4 Å². The second-order valence-electron chi connectivity index (χ2n) is 5.09. The predicted molar refractivity (Wildman–Crippen MR) is 80.4 cm³/mol. The molecule has 21 heavy (non-hydrogen) atoms. The Balaban J connectivity index is 1.86. The topological polar surface area (TPSA) is 81.2 Å². The molecule has 0 saturated heterocycles. The van der Waals surface area contributed by atoms with Gasteiger partial charge in [-0.05, 0) is 23.8 Å². The minimum absolute atomic E-state index is 0.164. The highest BCUT2D eigenvalue weighted by atomic mass is 32.2. The molecule has 1 aromatic carbocycles. The largest absolute Gasteiger partial charge is 0.493 e. The van der Waals surface area contributed by atoms with Gasteiger partial charge in [0.05, 0.1) is 11.5 Å². The van der Waals surface area contributed by atoms with Crippen LogP contribution in [-0.4, -0.2) is 24.4 Å². The molecular formula is C13H15N3O3S2. The molecule has 1 aliphatic rings. The summed E-state index contributed by atoms with van der Waals surface area (Å²) in [5.74, 6) is 1.56. The lowest BCUT2D eigenvalue weighted by molar-refractivity contribution is 0.356. The van der Waals surface area contributed by atoms with E-state index in [9.17, 15) is 8.42 Å². The quantitative estimate of drug-likeness (QED) is 0.933. The molecule has 0 atom stereocenters. The van der Waals surface area contributed by atoms with E-state index in [0.717, 1.165) is 29.3 Å². The van der Waals surface area contributed by atoms with Crippen molar-refractivity contribution in [2.45, 2.75) is 31.1 Å². The lowest BCUT2D eigenvalue weighted by atomic mass is 10.2. The van der Waals surface area contributed by atoms with Gasteiger partial charge in [-0.15, -0.1) is 0 Å². The van der Waals surface area contributed by atoms with E-state index in [-0.39, 0.29) is 15.9 Å². The summed E-state index contributed by atoms with van der Waals surface area (Å²) in [7, 11) is -3.64. The van der Waals surface area contributed by atoms with E-state index in [2.05, 4.69) is 14.1 Å². The fraction of sp³-hybridized carbons (Fsp3) is 0.385. The second-order valence-corrected chi connectivity index (χ2v) is 7.52. The highest BCUT2D eigenvalue weighted by Gasteiger charge is 2.21. The van der Waals surface area contributed by atoms with E-state index in [1.165, 1.54) is 6.07 Å². The Bertz CT molecular complexity index is 769. The summed E-state index contributed by atoms with van der Waals surface area (Å²) in [6.45, 7) is 4.52. The standard InChI is InChI=1S/C13H15N3O3S2/c1-8(2)12-14-13(20-15-12)16-21(17,18)10-3-4-11-9(7-10)5-6-19-11/h3-4,7-8H,5-6H2,1-2H3,(H,14,15,16). The van der Waals surface area contributed by atoms with Crippen LogP contribution >= 0.6 is 11.5 Å². The zero-order valence-electron chi connectivity index (χ0n) is 11.7. The first-order valence-corrected chi connectivity index (χ1v) is 8.83. The van der Waals surface area contributed by atoms with Gasteiger partial charge in [0.15, 0.2) is 0 Å². The smallest absolute Gasteiger partial charge is 0.263 e. The van der Waals surface area contributed by atoms with Crippen molar-refractivity contribution in [1.29, 1.82) is 0 Å². The first-order valence-electron chi connectivity index (χ1n) is 6.58. The third-order valence-electron chi connectivity index (χ3n) is 3.15. The molecule has 0 spiro atoms. The van der Waals surface area contributed by atoms with Crippen molar-refractivity contribution >= 4 is 26.7 Å². The maximum absolute atomic E-state index is 12.4. The van der Waals surface area contributed by atoms with Crippen LogP contribution in [0.2, 0.25) is 0 Å². The molecule has 0 saturated carbocycles. The molecule has 0 aliphatic carbocycles. The number of anilines is 1. The summed E-state index contributed by atoms with van der Waals surface area (Å²) in [4.78, 5) is 4.40. The number of ether oxygens (including phenoxy) is 1. The van der Waals surface area contributed by atoms with Crippen LogP contribution in [0.25, 0.3) is 0 Å². The van der Waals surface area contributed by atoms with Crippen LogP contribution in [0, 0.1) is 0 Å². The number of aromatic nitrogens is 2. The Hall–Kier alpha value is -1.67.